The minimum Gasteiger partial charge on any atom is -0.330 e. The monoisotopic (exact) mass is 227 g/mol. The summed E-state index contributed by atoms with van der Waals surface area (Å²) in [7, 11) is 0. The normalized spacial score (nSPS) is 27.9. The van der Waals surface area contributed by atoms with E-state index in [4.69, 9.17) is 11.6 Å². The minimum atomic E-state index is 0.0745. The van der Waals surface area contributed by atoms with Gasteiger partial charge in [0.2, 0.25) is 0 Å². The fourth-order valence-electron chi connectivity index (χ4n) is 3.85. The quantitative estimate of drug-likeness (QED) is 0.727. The molecule has 0 saturated carbocycles. The first-order valence-corrected chi connectivity index (χ1v) is 6.38. The molecule has 1 saturated heterocycles. The van der Waals surface area contributed by atoms with Gasteiger partial charge in [-0.3, -0.25) is 5.84 Å². The van der Waals surface area contributed by atoms with E-state index in [-0.39, 0.29) is 11.1 Å². The van der Waals surface area contributed by atoms with Crippen LogP contribution in [0.2, 0.25) is 0 Å². The van der Waals surface area contributed by atoms with E-state index in [1.807, 2.05) is 5.01 Å². The third-order valence-electron chi connectivity index (χ3n) is 4.01. The SMILES string of the molecule is CC1(CCCN)CC(C)(C)N(N)C(C)(C)C1. The van der Waals surface area contributed by atoms with Crippen molar-refractivity contribution in [2.75, 3.05) is 6.54 Å². The molecule has 0 aromatic rings. The predicted octanol–water partition coefficient (Wildman–Crippen LogP) is 2.26. The summed E-state index contributed by atoms with van der Waals surface area (Å²) in [4.78, 5) is 0. The van der Waals surface area contributed by atoms with E-state index in [0.717, 1.165) is 25.8 Å². The van der Waals surface area contributed by atoms with Crippen LogP contribution < -0.4 is 11.6 Å². The van der Waals surface area contributed by atoms with Gasteiger partial charge >= 0.3 is 0 Å². The van der Waals surface area contributed by atoms with E-state index >= 15 is 0 Å². The van der Waals surface area contributed by atoms with Crippen LogP contribution >= 0.6 is 0 Å². The number of rotatable bonds is 3. The van der Waals surface area contributed by atoms with Crippen LogP contribution in [-0.2, 0) is 0 Å². The van der Waals surface area contributed by atoms with Crippen molar-refractivity contribution in [1.82, 2.24) is 5.01 Å². The molecule has 3 heteroatoms. The topological polar surface area (TPSA) is 55.3 Å². The van der Waals surface area contributed by atoms with Gasteiger partial charge in [0.05, 0.1) is 0 Å². The lowest BCUT2D eigenvalue weighted by Gasteiger charge is -2.57. The summed E-state index contributed by atoms with van der Waals surface area (Å²) in [6, 6.07) is 0. The molecule has 1 rings (SSSR count). The standard InChI is InChI=1S/C13H29N3/c1-11(2)9-13(5,7-6-8-14)10-12(3,4)16(11)15/h6-10,14-15H2,1-5H3. The largest absolute Gasteiger partial charge is 0.330 e. The lowest BCUT2D eigenvalue weighted by molar-refractivity contribution is -0.0874. The predicted molar refractivity (Wildman–Crippen MR) is 69.8 cm³/mol. The van der Waals surface area contributed by atoms with Gasteiger partial charge in [0.1, 0.15) is 0 Å². The van der Waals surface area contributed by atoms with Crippen LogP contribution in [0.25, 0.3) is 0 Å². The molecule has 4 N–H and O–H groups in total. The number of nitrogens with two attached hydrogens (primary N) is 2. The summed E-state index contributed by atoms with van der Waals surface area (Å²) in [5, 5.41) is 2.05. The van der Waals surface area contributed by atoms with Crippen molar-refractivity contribution < 1.29 is 0 Å². The van der Waals surface area contributed by atoms with Gasteiger partial charge < -0.3 is 5.73 Å². The van der Waals surface area contributed by atoms with Crippen LogP contribution in [0.5, 0.6) is 0 Å². The Balaban J connectivity index is 2.85. The Hall–Kier alpha value is -0.120. The second-order valence-electron chi connectivity index (χ2n) is 7.05. The molecule has 16 heavy (non-hydrogen) atoms. The van der Waals surface area contributed by atoms with Crippen LogP contribution in [0.1, 0.15) is 60.3 Å². The van der Waals surface area contributed by atoms with Crippen molar-refractivity contribution >= 4 is 0 Å². The smallest absolute Gasteiger partial charge is 0.0306 e. The summed E-state index contributed by atoms with van der Waals surface area (Å²) in [6.07, 6.45) is 4.64. The van der Waals surface area contributed by atoms with Crippen LogP contribution in [0, 0.1) is 5.41 Å². The molecule has 3 nitrogen and oxygen atoms in total. The molecule has 1 heterocycles. The summed E-state index contributed by atoms with van der Waals surface area (Å²) in [5.74, 6) is 6.25. The van der Waals surface area contributed by atoms with Gasteiger partial charge in [-0.25, -0.2) is 5.01 Å². The van der Waals surface area contributed by atoms with Crippen molar-refractivity contribution in [2.24, 2.45) is 17.0 Å². The van der Waals surface area contributed by atoms with Crippen molar-refractivity contribution in [3.05, 3.63) is 0 Å². The fraction of sp³-hybridized carbons (Fsp3) is 1.00. The number of hydrogen-bond donors (Lipinski definition) is 2. The molecule has 0 aromatic heterocycles. The molecule has 0 atom stereocenters. The highest BCUT2D eigenvalue weighted by Gasteiger charge is 2.48. The van der Waals surface area contributed by atoms with E-state index in [1.54, 1.807) is 0 Å². The van der Waals surface area contributed by atoms with Crippen LogP contribution in [0.4, 0.5) is 0 Å². The maximum absolute atomic E-state index is 6.25. The molecule has 96 valence electrons. The molecule has 0 aliphatic carbocycles. The van der Waals surface area contributed by atoms with Gasteiger partial charge in [-0.2, -0.15) is 0 Å². The van der Waals surface area contributed by atoms with Crippen molar-refractivity contribution in [2.45, 2.75) is 71.4 Å². The van der Waals surface area contributed by atoms with Gasteiger partial charge in [0.15, 0.2) is 0 Å². The molecule has 0 aromatic carbocycles. The highest BCUT2D eigenvalue weighted by Crippen LogP contribution is 2.48. The first-order chi connectivity index (χ1) is 7.13. The number of hydrogen-bond acceptors (Lipinski definition) is 3. The van der Waals surface area contributed by atoms with E-state index in [2.05, 4.69) is 34.6 Å². The molecule has 0 spiro atoms. The highest BCUT2D eigenvalue weighted by molar-refractivity contribution is 5.02. The summed E-state index contributed by atoms with van der Waals surface area (Å²) in [6.45, 7) is 12.2. The average Bonchev–Trinajstić information content (AvgIpc) is 2.10. The summed E-state index contributed by atoms with van der Waals surface area (Å²) in [5.41, 5.74) is 6.16. The van der Waals surface area contributed by atoms with E-state index < -0.39 is 0 Å². The average molecular weight is 227 g/mol. The number of hydrazine groups is 1. The fourth-order valence-corrected chi connectivity index (χ4v) is 3.85. The Morgan fingerprint density at radius 1 is 1.00 bits per heavy atom. The first kappa shape index (κ1) is 13.9. The molecular weight excluding hydrogens is 198 g/mol. The summed E-state index contributed by atoms with van der Waals surface area (Å²) >= 11 is 0. The van der Waals surface area contributed by atoms with E-state index in [0.29, 0.717) is 5.41 Å². The van der Waals surface area contributed by atoms with Crippen LogP contribution in [-0.4, -0.2) is 22.6 Å². The molecule has 1 aliphatic heterocycles. The molecule has 0 unspecified atom stereocenters. The minimum absolute atomic E-state index is 0.0745. The van der Waals surface area contributed by atoms with Crippen molar-refractivity contribution in [3.8, 4) is 0 Å². The lowest BCUT2D eigenvalue weighted by Crippen LogP contribution is -2.65. The second-order valence-corrected chi connectivity index (χ2v) is 7.05. The van der Waals surface area contributed by atoms with Crippen molar-refractivity contribution in [1.29, 1.82) is 0 Å². The maximum Gasteiger partial charge on any atom is 0.0306 e. The maximum atomic E-state index is 6.25. The van der Waals surface area contributed by atoms with E-state index in [9.17, 15) is 0 Å². The van der Waals surface area contributed by atoms with Gasteiger partial charge in [0.25, 0.3) is 0 Å². The molecule has 0 bridgehead atoms. The van der Waals surface area contributed by atoms with Gasteiger partial charge in [-0.05, 0) is 65.3 Å². The van der Waals surface area contributed by atoms with Gasteiger partial charge in [-0.1, -0.05) is 6.92 Å². The Morgan fingerprint density at radius 2 is 1.44 bits per heavy atom. The van der Waals surface area contributed by atoms with E-state index in [1.165, 1.54) is 6.42 Å². The zero-order valence-electron chi connectivity index (χ0n) is 11.6. The Labute approximate surface area is 101 Å². The second kappa shape index (κ2) is 4.28. The third kappa shape index (κ3) is 2.76. The number of nitrogens with zero attached hydrogens (tertiary/aromatic N) is 1. The molecule has 1 fully saturated rings. The zero-order chi connectivity index (χ0) is 12.6. The lowest BCUT2D eigenvalue weighted by atomic mass is 9.64. The highest BCUT2D eigenvalue weighted by atomic mass is 15.5. The van der Waals surface area contributed by atoms with Gasteiger partial charge in [0, 0.05) is 11.1 Å². The van der Waals surface area contributed by atoms with Crippen LogP contribution in [0.3, 0.4) is 0 Å². The zero-order valence-corrected chi connectivity index (χ0v) is 11.6. The Kier molecular flexibility index (Phi) is 3.73. The van der Waals surface area contributed by atoms with Crippen LogP contribution in [0.15, 0.2) is 0 Å². The molecule has 0 radical (unpaired) electrons. The molecular formula is C13H29N3. The molecule has 0 amide bonds. The first-order valence-electron chi connectivity index (χ1n) is 6.38. The van der Waals surface area contributed by atoms with Crippen molar-refractivity contribution in [3.63, 3.8) is 0 Å². The summed E-state index contributed by atoms with van der Waals surface area (Å²) < 4.78 is 0. The van der Waals surface area contributed by atoms with Gasteiger partial charge in [-0.15, -0.1) is 0 Å². The Bertz CT molecular complexity index is 228. The number of piperidine rings is 1. The Morgan fingerprint density at radius 3 is 1.81 bits per heavy atom. The molecule has 1 aliphatic rings. The third-order valence-corrected chi connectivity index (χ3v) is 4.01.